The van der Waals surface area contributed by atoms with Crippen LogP contribution in [0.5, 0.6) is 0 Å². The van der Waals surface area contributed by atoms with Crippen molar-refractivity contribution in [2.45, 2.75) is 32.6 Å². The standard InChI is InChI=1S/C14H12F3NS/c1-14(2,3)8-4-5-9(15)12-10(8)7(6-18)11(19-12)13(16)17/h4-5,13H,1-3H3. The number of alkyl halides is 2. The second-order valence-electron chi connectivity index (χ2n) is 5.30. The maximum atomic E-state index is 13.8. The molecule has 0 amide bonds. The predicted molar refractivity (Wildman–Crippen MR) is 70.2 cm³/mol. The normalized spacial score (nSPS) is 12.1. The maximum absolute atomic E-state index is 13.8. The third-order valence-electron chi connectivity index (χ3n) is 2.94. The molecule has 0 unspecified atom stereocenters. The lowest BCUT2D eigenvalue weighted by Crippen LogP contribution is -2.12. The molecule has 1 nitrogen and oxygen atoms in total. The van der Waals surface area contributed by atoms with Gasteiger partial charge in [-0.05, 0) is 17.0 Å². The van der Waals surface area contributed by atoms with Crippen LogP contribution in [0.15, 0.2) is 12.1 Å². The number of hydrogen-bond donors (Lipinski definition) is 0. The van der Waals surface area contributed by atoms with Gasteiger partial charge in [0.25, 0.3) is 6.43 Å². The Bertz CT molecular complexity index is 675. The number of halogens is 3. The molecule has 0 fully saturated rings. The largest absolute Gasteiger partial charge is 0.274 e. The molecule has 0 bridgehead atoms. The third-order valence-corrected chi connectivity index (χ3v) is 4.14. The highest BCUT2D eigenvalue weighted by molar-refractivity contribution is 7.19. The van der Waals surface area contributed by atoms with Gasteiger partial charge in [0.15, 0.2) is 0 Å². The van der Waals surface area contributed by atoms with Crippen molar-refractivity contribution in [1.82, 2.24) is 0 Å². The minimum atomic E-state index is -2.76. The van der Waals surface area contributed by atoms with Crippen molar-refractivity contribution in [3.8, 4) is 6.07 Å². The molecule has 1 aromatic carbocycles. The second kappa shape index (κ2) is 4.53. The fourth-order valence-electron chi connectivity index (χ4n) is 2.08. The predicted octanol–water partition coefficient (Wildman–Crippen LogP) is 5.15. The van der Waals surface area contributed by atoms with Crippen molar-refractivity contribution in [2.24, 2.45) is 0 Å². The van der Waals surface area contributed by atoms with Crippen LogP contribution in [0.1, 0.15) is 43.2 Å². The highest BCUT2D eigenvalue weighted by Crippen LogP contribution is 2.42. The van der Waals surface area contributed by atoms with E-state index >= 15 is 0 Å². The van der Waals surface area contributed by atoms with Crippen molar-refractivity contribution in [3.05, 3.63) is 34.0 Å². The zero-order valence-corrected chi connectivity index (χ0v) is 11.5. The molecular weight excluding hydrogens is 271 g/mol. The minimum Gasteiger partial charge on any atom is -0.205 e. The fourth-order valence-corrected chi connectivity index (χ4v) is 3.12. The molecule has 0 saturated carbocycles. The summed E-state index contributed by atoms with van der Waals surface area (Å²) in [5, 5.41) is 9.47. The zero-order valence-electron chi connectivity index (χ0n) is 10.7. The number of rotatable bonds is 1. The van der Waals surface area contributed by atoms with Gasteiger partial charge >= 0.3 is 0 Å². The van der Waals surface area contributed by atoms with E-state index in [1.807, 2.05) is 20.8 Å². The Kier molecular flexibility index (Phi) is 3.31. The summed E-state index contributed by atoms with van der Waals surface area (Å²) in [6.07, 6.45) is -2.76. The van der Waals surface area contributed by atoms with Crippen LogP contribution < -0.4 is 0 Å². The van der Waals surface area contributed by atoms with Crippen LogP contribution in [0.2, 0.25) is 0 Å². The van der Waals surface area contributed by atoms with E-state index < -0.39 is 12.2 Å². The molecule has 0 aliphatic heterocycles. The van der Waals surface area contributed by atoms with Gasteiger partial charge in [0.1, 0.15) is 11.9 Å². The summed E-state index contributed by atoms with van der Waals surface area (Å²) in [4.78, 5) is -0.354. The summed E-state index contributed by atoms with van der Waals surface area (Å²) in [5.74, 6) is -0.559. The average molecular weight is 283 g/mol. The van der Waals surface area contributed by atoms with E-state index in [2.05, 4.69) is 0 Å². The first kappa shape index (κ1) is 13.9. The molecule has 2 aromatic rings. The topological polar surface area (TPSA) is 23.8 Å². The molecule has 1 heterocycles. The van der Waals surface area contributed by atoms with Gasteiger partial charge in [-0.3, -0.25) is 0 Å². The van der Waals surface area contributed by atoms with Crippen LogP contribution in [0.4, 0.5) is 13.2 Å². The molecule has 1 aromatic heterocycles. The SMILES string of the molecule is CC(C)(C)c1ccc(F)c2sc(C(F)F)c(C#N)c12. The molecule has 0 N–H and O–H groups in total. The first-order chi connectivity index (χ1) is 8.77. The summed E-state index contributed by atoms with van der Waals surface area (Å²) >= 11 is 0.666. The zero-order chi connectivity index (χ0) is 14.4. The van der Waals surface area contributed by atoms with Gasteiger partial charge in [0.2, 0.25) is 0 Å². The summed E-state index contributed by atoms with van der Waals surface area (Å²) in [6, 6.07) is 4.65. The van der Waals surface area contributed by atoms with Crippen LogP contribution in [0.3, 0.4) is 0 Å². The van der Waals surface area contributed by atoms with E-state index in [1.54, 1.807) is 12.1 Å². The fraction of sp³-hybridized carbons (Fsp3) is 0.357. The number of thiophene rings is 1. The Morgan fingerprint density at radius 2 is 1.89 bits per heavy atom. The first-order valence-corrected chi connectivity index (χ1v) is 6.52. The van der Waals surface area contributed by atoms with Gasteiger partial charge in [-0.1, -0.05) is 26.8 Å². The van der Waals surface area contributed by atoms with Gasteiger partial charge in [-0.25, -0.2) is 13.2 Å². The monoisotopic (exact) mass is 283 g/mol. The molecular formula is C14H12F3NS. The van der Waals surface area contributed by atoms with Crippen LogP contribution in [-0.2, 0) is 5.41 Å². The van der Waals surface area contributed by atoms with Crippen LogP contribution in [-0.4, -0.2) is 0 Å². The van der Waals surface area contributed by atoms with Crippen LogP contribution >= 0.6 is 11.3 Å². The molecule has 0 aliphatic carbocycles. The smallest absolute Gasteiger partial charge is 0.205 e. The summed E-state index contributed by atoms with van der Waals surface area (Å²) in [6.45, 7) is 5.71. The summed E-state index contributed by atoms with van der Waals surface area (Å²) < 4.78 is 39.8. The maximum Gasteiger partial charge on any atom is 0.274 e. The summed E-state index contributed by atoms with van der Waals surface area (Å²) in [5.41, 5.74) is 0.265. The van der Waals surface area contributed by atoms with E-state index in [1.165, 1.54) is 6.07 Å². The average Bonchev–Trinajstić information content (AvgIpc) is 2.67. The van der Waals surface area contributed by atoms with Crippen molar-refractivity contribution < 1.29 is 13.2 Å². The minimum absolute atomic E-state index is 0.0978. The molecule has 19 heavy (non-hydrogen) atoms. The highest BCUT2D eigenvalue weighted by Gasteiger charge is 2.27. The lowest BCUT2D eigenvalue weighted by atomic mass is 9.84. The van der Waals surface area contributed by atoms with Crippen LogP contribution in [0.25, 0.3) is 10.1 Å². The van der Waals surface area contributed by atoms with E-state index in [9.17, 15) is 13.2 Å². The Morgan fingerprint density at radius 1 is 1.26 bits per heavy atom. The quantitative estimate of drug-likeness (QED) is 0.710. The highest BCUT2D eigenvalue weighted by atomic mass is 32.1. The van der Waals surface area contributed by atoms with E-state index in [4.69, 9.17) is 5.26 Å². The van der Waals surface area contributed by atoms with Gasteiger partial charge < -0.3 is 0 Å². The Balaban J connectivity index is 2.96. The van der Waals surface area contributed by atoms with Crippen molar-refractivity contribution in [3.63, 3.8) is 0 Å². The van der Waals surface area contributed by atoms with Crippen molar-refractivity contribution in [2.75, 3.05) is 0 Å². The molecule has 100 valence electrons. The number of nitrogens with zero attached hydrogens (tertiary/aromatic N) is 1. The molecule has 5 heteroatoms. The molecule has 0 atom stereocenters. The number of hydrogen-bond acceptors (Lipinski definition) is 2. The van der Waals surface area contributed by atoms with E-state index in [-0.39, 0.29) is 20.6 Å². The number of fused-ring (bicyclic) bond motifs is 1. The first-order valence-electron chi connectivity index (χ1n) is 5.71. The summed E-state index contributed by atoms with van der Waals surface area (Å²) in [7, 11) is 0. The molecule has 2 rings (SSSR count). The van der Waals surface area contributed by atoms with Gasteiger partial charge in [0.05, 0.1) is 15.1 Å². The van der Waals surface area contributed by atoms with E-state index in [0.29, 0.717) is 22.3 Å². The molecule has 0 aliphatic rings. The second-order valence-corrected chi connectivity index (χ2v) is 6.36. The van der Waals surface area contributed by atoms with E-state index in [0.717, 1.165) is 0 Å². The van der Waals surface area contributed by atoms with Gasteiger partial charge in [-0.15, -0.1) is 11.3 Å². The molecule has 0 spiro atoms. The van der Waals surface area contributed by atoms with Crippen molar-refractivity contribution in [1.29, 1.82) is 5.26 Å². The van der Waals surface area contributed by atoms with Crippen molar-refractivity contribution >= 4 is 21.4 Å². The Morgan fingerprint density at radius 3 is 2.37 bits per heavy atom. The lowest BCUT2D eigenvalue weighted by molar-refractivity contribution is 0.155. The van der Waals surface area contributed by atoms with Crippen LogP contribution in [0, 0.1) is 17.1 Å². The molecule has 0 saturated heterocycles. The van der Waals surface area contributed by atoms with Gasteiger partial charge in [0, 0.05) is 5.39 Å². The van der Waals surface area contributed by atoms with Gasteiger partial charge in [-0.2, -0.15) is 5.26 Å². The Hall–Kier alpha value is -1.54. The Labute approximate surface area is 113 Å². The lowest BCUT2D eigenvalue weighted by Gasteiger charge is -2.20. The number of benzene rings is 1. The number of nitriles is 1. The molecule has 0 radical (unpaired) electrons. The third kappa shape index (κ3) is 2.21.